The zero-order valence-electron chi connectivity index (χ0n) is 13.9. The quantitative estimate of drug-likeness (QED) is 0.784. The van der Waals surface area contributed by atoms with Crippen molar-refractivity contribution in [3.05, 3.63) is 52.6 Å². The van der Waals surface area contributed by atoms with Crippen molar-refractivity contribution in [2.75, 3.05) is 6.54 Å². The number of nitrogens with zero attached hydrogens (tertiary/aromatic N) is 1. The lowest BCUT2D eigenvalue weighted by Gasteiger charge is -2.31. The molecule has 1 amide bonds. The molecule has 1 fully saturated rings. The van der Waals surface area contributed by atoms with Crippen molar-refractivity contribution in [2.24, 2.45) is 0 Å². The van der Waals surface area contributed by atoms with Gasteiger partial charge in [-0.15, -0.1) is 12.4 Å². The number of hydrogen-bond donors (Lipinski definition) is 3. The highest BCUT2D eigenvalue weighted by Crippen LogP contribution is 2.39. The summed E-state index contributed by atoms with van der Waals surface area (Å²) in [6, 6.07) is 6.48. The van der Waals surface area contributed by atoms with Gasteiger partial charge in [-0.3, -0.25) is 9.89 Å². The first-order valence-electron chi connectivity index (χ1n) is 8.53. The van der Waals surface area contributed by atoms with Crippen LogP contribution in [-0.2, 0) is 18.5 Å². The van der Waals surface area contributed by atoms with Gasteiger partial charge in [-0.25, -0.2) is 4.39 Å². The molecule has 7 heteroatoms. The summed E-state index contributed by atoms with van der Waals surface area (Å²) in [4.78, 5) is 12.9. The molecule has 1 aromatic heterocycles. The number of H-pyrrole nitrogens is 1. The van der Waals surface area contributed by atoms with E-state index in [1.54, 1.807) is 12.1 Å². The smallest absolute Gasteiger partial charge is 0.272 e. The average molecular weight is 365 g/mol. The first kappa shape index (κ1) is 17.9. The van der Waals surface area contributed by atoms with Crippen molar-refractivity contribution in [3.63, 3.8) is 0 Å². The van der Waals surface area contributed by atoms with Crippen LogP contribution in [0.25, 0.3) is 0 Å². The molecule has 0 radical (unpaired) electrons. The van der Waals surface area contributed by atoms with Gasteiger partial charge in [-0.1, -0.05) is 25.0 Å². The van der Waals surface area contributed by atoms with Crippen LogP contribution in [0.3, 0.4) is 0 Å². The zero-order chi connectivity index (χ0) is 16.6. The van der Waals surface area contributed by atoms with Gasteiger partial charge in [-0.2, -0.15) is 5.10 Å². The first-order valence-corrected chi connectivity index (χ1v) is 8.53. The lowest BCUT2D eigenvalue weighted by atomic mass is 9.87. The topological polar surface area (TPSA) is 69.8 Å². The second kappa shape index (κ2) is 7.14. The van der Waals surface area contributed by atoms with Crippen LogP contribution in [0, 0.1) is 5.82 Å². The van der Waals surface area contributed by atoms with E-state index in [-0.39, 0.29) is 24.1 Å². The molecule has 2 aliphatic rings. The largest absolute Gasteiger partial charge is 0.341 e. The van der Waals surface area contributed by atoms with Gasteiger partial charge in [0.15, 0.2) is 5.69 Å². The van der Waals surface area contributed by atoms with Gasteiger partial charge in [0.05, 0.1) is 5.54 Å². The zero-order valence-corrected chi connectivity index (χ0v) is 14.7. The number of nitrogens with one attached hydrogen (secondary N) is 3. The molecule has 0 atom stereocenters. The lowest BCUT2D eigenvalue weighted by Crippen LogP contribution is -2.44. The molecular formula is C18H22ClFN4O. The van der Waals surface area contributed by atoms with Crippen LogP contribution in [0.2, 0.25) is 0 Å². The molecule has 25 heavy (non-hydrogen) atoms. The molecule has 134 valence electrons. The van der Waals surface area contributed by atoms with E-state index in [9.17, 15) is 9.18 Å². The number of rotatable bonds is 3. The van der Waals surface area contributed by atoms with Gasteiger partial charge in [0.25, 0.3) is 5.91 Å². The third kappa shape index (κ3) is 3.28. The Labute approximate surface area is 152 Å². The molecule has 2 heterocycles. The van der Waals surface area contributed by atoms with Gasteiger partial charge in [0.2, 0.25) is 0 Å². The number of fused-ring (bicyclic) bond motifs is 1. The minimum Gasteiger partial charge on any atom is -0.341 e. The molecular weight excluding hydrogens is 343 g/mol. The highest BCUT2D eigenvalue weighted by Gasteiger charge is 2.38. The fourth-order valence-electron chi connectivity index (χ4n) is 3.92. The van der Waals surface area contributed by atoms with Gasteiger partial charge in [-0.05, 0) is 30.5 Å². The fraction of sp³-hybridized carbons (Fsp3) is 0.444. The van der Waals surface area contributed by atoms with Crippen LogP contribution in [-0.4, -0.2) is 22.6 Å². The summed E-state index contributed by atoms with van der Waals surface area (Å²) in [6.45, 7) is 1.56. The fourth-order valence-corrected chi connectivity index (χ4v) is 3.92. The van der Waals surface area contributed by atoms with Crippen molar-refractivity contribution in [2.45, 2.75) is 44.2 Å². The van der Waals surface area contributed by atoms with Crippen LogP contribution in [0.1, 0.15) is 53.0 Å². The maximum atomic E-state index is 13.3. The summed E-state index contributed by atoms with van der Waals surface area (Å²) in [5.74, 6) is -0.409. The molecule has 5 nitrogen and oxygen atoms in total. The van der Waals surface area contributed by atoms with Crippen LogP contribution >= 0.6 is 12.4 Å². The second-order valence-corrected chi connectivity index (χ2v) is 6.71. The predicted molar refractivity (Wildman–Crippen MR) is 95.3 cm³/mol. The van der Waals surface area contributed by atoms with Gasteiger partial charge >= 0.3 is 0 Å². The SMILES string of the molecule is Cl.O=C(NC1(c2ccc(F)cc2)CCCC1)c1n[nH]c2c1CNCC2. The summed E-state index contributed by atoms with van der Waals surface area (Å²) in [5, 5.41) is 13.7. The Hall–Kier alpha value is -1.92. The number of aromatic amines is 1. The Bertz CT molecular complexity index is 753. The standard InChI is InChI=1S/C18H21FN4O.ClH/c19-13-5-3-12(4-6-13)18(8-1-2-9-18)21-17(24)16-14-11-20-10-7-15(14)22-23-16;/h3-6,20H,1-2,7-11H2,(H,21,24)(H,22,23);1H. The molecule has 3 N–H and O–H groups in total. The maximum Gasteiger partial charge on any atom is 0.272 e. The van der Waals surface area contributed by atoms with E-state index in [1.165, 1.54) is 12.1 Å². The van der Waals surface area contributed by atoms with Gasteiger partial charge in [0.1, 0.15) is 5.82 Å². The molecule has 1 aromatic carbocycles. The first-order chi connectivity index (χ1) is 11.7. The third-order valence-corrected chi connectivity index (χ3v) is 5.23. The number of hydrogen-bond acceptors (Lipinski definition) is 3. The molecule has 2 aromatic rings. The van der Waals surface area contributed by atoms with Gasteiger partial charge in [0, 0.05) is 30.8 Å². The molecule has 1 saturated carbocycles. The van der Waals surface area contributed by atoms with Crippen molar-refractivity contribution < 1.29 is 9.18 Å². The number of halogens is 2. The van der Waals surface area contributed by atoms with Crippen LogP contribution in [0.4, 0.5) is 4.39 Å². The molecule has 0 spiro atoms. The summed E-state index contributed by atoms with van der Waals surface area (Å²) in [6.07, 6.45) is 4.71. The van der Waals surface area contributed by atoms with E-state index in [0.717, 1.165) is 55.5 Å². The summed E-state index contributed by atoms with van der Waals surface area (Å²) in [7, 11) is 0. The Morgan fingerprint density at radius 3 is 2.64 bits per heavy atom. The lowest BCUT2D eigenvalue weighted by molar-refractivity contribution is 0.0891. The third-order valence-electron chi connectivity index (χ3n) is 5.23. The molecule has 0 bridgehead atoms. The van der Waals surface area contributed by atoms with E-state index in [4.69, 9.17) is 0 Å². The van der Waals surface area contributed by atoms with E-state index >= 15 is 0 Å². The Morgan fingerprint density at radius 2 is 1.92 bits per heavy atom. The number of aromatic nitrogens is 2. The van der Waals surface area contributed by atoms with Crippen LogP contribution in [0.15, 0.2) is 24.3 Å². The van der Waals surface area contributed by atoms with Crippen molar-refractivity contribution in [3.8, 4) is 0 Å². The molecule has 1 aliphatic carbocycles. The van der Waals surface area contributed by atoms with Crippen LogP contribution in [0.5, 0.6) is 0 Å². The highest BCUT2D eigenvalue weighted by atomic mass is 35.5. The second-order valence-electron chi connectivity index (χ2n) is 6.71. The van der Waals surface area contributed by atoms with E-state index in [2.05, 4.69) is 20.8 Å². The monoisotopic (exact) mass is 364 g/mol. The average Bonchev–Trinajstić information content (AvgIpc) is 3.23. The molecule has 1 aliphatic heterocycles. The number of carbonyl (C=O) groups is 1. The Morgan fingerprint density at radius 1 is 1.20 bits per heavy atom. The van der Waals surface area contributed by atoms with E-state index < -0.39 is 5.54 Å². The minimum atomic E-state index is -0.418. The Kier molecular flexibility index (Phi) is 5.11. The summed E-state index contributed by atoms with van der Waals surface area (Å²) < 4.78 is 13.3. The van der Waals surface area contributed by atoms with E-state index in [0.29, 0.717) is 12.2 Å². The van der Waals surface area contributed by atoms with Gasteiger partial charge < -0.3 is 10.6 Å². The summed E-state index contributed by atoms with van der Waals surface area (Å²) in [5.41, 5.74) is 3.04. The number of carbonyl (C=O) groups excluding carboxylic acids is 1. The van der Waals surface area contributed by atoms with Crippen LogP contribution < -0.4 is 10.6 Å². The maximum absolute atomic E-state index is 13.3. The minimum absolute atomic E-state index is 0. The molecule has 4 rings (SSSR count). The van der Waals surface area contributed by atoms with Crippen molar-refractivity contribution >= 4 is 18.3 Å². The van der Waals surface area contributed by atoms with Crippen molar-refractivity contribution in [1.29, 1.82) is 0 Å². The normalized spacial score (nSPS) is 18.3. The number of benzene rings is 1. The molecule has 0 unspecified atom stereocenters. The van der Waals surface area contributed by atoms with E-state index in [1.807, 2.05) is 0 Å². The summed E-state index contributed by atoms with van der Waals surface area (Å²) >= 11 is 0. The predicted octanol–water partition coefficient (Wildman–Crippen LogP) is 2.82. The number of amides is 1. The van der Waals surface area contributed by atoms with Crippen molar-refractivity contribution in [1.82, 2.24) is 20.8 Å². The highest BCUT2D eigenvalue weighted by molar-refractivity contribution is 5.94. The molecule has 0 saturated heterocycles. The Balaban J connectivity index is 0.00000182.